The maximum Gasteiger partial charge on any atom is 0.410 e. The first-order valence-electron chi connectivity index (χ1n) is 15.0. The van der Waals surface area contributed by atoms with Gasteiger partial charge in [0.05, 0.1) is 0 Å². The van der Waals surface area contributed by atoms with Gasteiger partial charge in [-0.1, -0.05) is 12.1 Å². The first-order valence-corrected chi connectivity index (χ1v) is 15.0. The molecule has 0 spiro atoms. The molecule has 242 valence electrons. The zero-order valence-electron chi connectivity index (χ0n) is 26.9. The van der Waals surface area contributed by atoms with Gasteiger partial charge in [-0.05, 0) is 83.4 Å². The third-order valence-corrected chi connectivity index (χ3v) is 7.61. The van der Waals surface area contributed by atoms with Crippen LogP contribution in [0.5, 0.6) is 5.75 Å². The van der Waals surface area contributed by atoms with Crippen molar-refractivity contribution in [1.82, 2.24) is 19.6 Å². The second kappa shape index (κ2) is 13.7. The SMILES string of the molecule is CCn1ccc(NC(=O)c2cc(C(=O)O)c(O[C@H](CN3CCN(C(=O)OC(C)(C)C)[C@H](C)C3)c3ccc(C)c(F)c3)cc2C)n1. The number of halogens is 1. The first-order chi connectivity index (χ1) is 21.1. The van der Waals surface area contributed by atoms with Crippen LogP contribution in [0.4, 0.5) is 15.0 Å². The van der Waals surface area contributed by atoms with Crippen molar-refractivity contribution in [2.75, 3.05) is 31.5 Å². The minimum atomic E-state index is -1.28. The third kappa shape index (κ3) is 8.39. The number of benzene rings is 2. The molecule has 1 saturated heterocycles. The van der Waals surface area contributed by atoms with Gasteiger partial charge in [-0.15, -0.1) is 0 Å². The van der Waals surface area contributed by atoms with Crippen molar-refractivity contribution in [3.63, 3.8) is 0 Å². The largest absolute Gasteiger partial charge is 0.483 e. The van der Waals surface area contributed by atoms with E-state index in [1.807, 2.05) is 34.6 Å². The molecule has 1 fully saturated rings. The van der Waals surface area contributed by atoms with Crippen LogP contribution in [0.15, 0.2) is 42.6 Å². The topological polar surface area (TPSA) is 126 Å². The van der Waals surface area contributed by atoms with Crippen molar-refractivity contribution in [2.24, 2.45) is 0 Å². The summed E-state index contributed by atoms with van der Waals surface area (Å²) < 4.78 is 28.3. The first kappa shape index (κ1) is 33.4. The molecule has 4 rings (SSSR count). The molecule has 2 atom stereocenters. The number of nitrogens with one attached hydrogen (secondary N) is 1. The molecule has 12 heteroatoms. The summed E-state index contributed by atoms with van der Waals surface area (Å²) in [5, 5.41) is 17.1. The zero-order chi connectivity index (χ0) is 33.1. The number of hydrogen-bond acceptors (Lipinski definition) is 7. The molecule has 0 radical (unpaired) electrons. The summed E-state index contributed by atoms with van der Waals surface area (Å²) in [5.41, 5.74) is 0.842. The van der Waals surface area contributed by atoms with Gasteiger partial charge in [-0.25, -0.2) is 14.0 Å². The molecule has 11 nitrogen and oxygen atoms in total. The lowest BCUT2D eigenvalue weighted by molar-refractivity contribution is -0.00301. The van der Waals surface area contributed by atoms with E-state index in [4.69, 9.17) is 9.47 Å². The van der Waals surface area contributed by atoms with Crippen LogP contribution in [-0.2, 0) is 11.3 Å². The van der Waals surface area contributed by atoms with Gasteiger partial charge in [-0.2, -0.15) is 5.10 Å². The minimum Gasteiger partial charge on any atom is -0.483 e. The quantitative estimate of drug-likeness (QED) is 0.312. The fourth-order valence-electron chi connectivity index (χ4n) is 5.18. The number of rotatable bonds is 9. The van der Waals surface area contributed by atoms with Crippen molar-refractivity contribution >= 4 is 23.8 Å². The van der Waals surface area contributed by atoms with Gasteiger partial charge in [0.15, 0.2) is 5.82 Å². The molecule has 0 aliphatic carbocycles. The molecule has 45 heavy (non-hydrogen) atoms. The highest BCUT2D eigenvalue weighted by Crippen LogP contribution is 2.31. The molecule has 1 aromatic heterocycles. The van der Waals surface area contributed by atoms with Crippen LogP contribution in [0.3, 0.4) is 0 Å². The molecule has 1 aliphatic heterocycles. The third-order valence-electron chi connectivity index (χ3n) is 7.61. The Labute approximate surface area is 262 Å². The number of nitrogens with zero attached hydrogens (tertiary/aromatic N) is 4. The molecule has 2 N–H and O–H groups in total. The lowest BCUT2D eigenvalue weighted by Gasteiger charge is -2.41. The van der Waals surface area contributed by atoms with E-state index in [-0.39, 0.29) is 29.0 Å². The lowest BCUT2D eigenvalue weighted by atomic mass is 10.0. The van der Waals surface area contributed by atoms with Crippen LogP contribution in [0, 0.1) is 19.7 Å². The Kier molecular flexibility index (Phi) is 10.2. The Morgan fingerprint density at radius 3 is 2.42 bits per heavy atom. The van der Waals surface area contributed by atoms with E-state index in [1.165, 1.54) is 18.2 Å². The number of hydrogen-bond donors (Lipinski definition) is 2. The van der Waals surface area contributed by atoms with Crippen LogP contribution in [0.25, 0.3) is 0 Å². The normalized spacial score (nSPS) is 16.3. The van der Waals surface area contributed by atoms with Crippen LogP contribution >= 0.6 is 0 Å². The smallest absolute Gasteiger partial charge is 0.410 e. The van der Waals surface area contributed by atoms with Crippen molar-refractivity contribution in [3.8, 4) is 5.75 Å². The Morgan fingerprint density at radius 1 is 1.09 bits per heavy atom. The van der Waals surface area contributed by atoms with E-state index in [0.717, 1.165) is 0 Å². The fourth-order valence-corrected chi connectivity index (χ4v) is 5.18. The summed E-state index contributed by atoms with van der Waals surface area (Å²) in [6.45, 7) is 15.0. The Hall–Kier alpha value is -4.45. The average molecular weight is 624 g/mol. The van der Waals surface area contributed by atoms with E-state index in [9.17, 15) is 23.9 Å². The zero-order valence-corrected chi connectivity index (χ0v) is 26.9. The number of piperazine rings is 1. The highest BCUT2D eigenvalue weighted by Gasteiger charge is 2.33. The van der Waals surface area contributed by atoms with Gasteiger partial charge in [-0.3, -0.25) is 14.4 Å². The Morgan fingerprint density at radius 2 is 1.82 bits per heavy atom. The lowest BCUT2D eigenvalue weighted by Crippen LogP contribution is -2.55. The number of aromatic carboxylic acids is 1. The molecular weight excluding hydrogens is 581 g/mol. The summed E-state index contributed by atoms with van der Waals surface area (Å²) in [7, 11) is 0. The van der Waals surface area contributed by atoms with Gasteiger partial charge in [0.25, 0.3) is 5.91 Å². The van der Waals surface area contributed by atoms with E-state index < -0.39 is 29.4 Å². The fraction of sp³-hybridized carbons (Fsp3) is 0.455. The van der Waals surface area contributed by atoms with E-state index in [2.05, 4.69) is 15.3 Å². The summed E-state index contributed by atoms with van der Waals surface area (Å²) >= 11 is 0. The van der Waals surface area contributed by atoms with Crippen LogP contribution in [-0.4, -0.2) is 80.5 Å². The van der Waals surface area contributed by atoms with Crippen LogP contribution in [0.2, 0.25) is 0 Å². The van der Waals surface area contributed by atoms with Crippen LogP contribution < -0.4 is 10.1 Å². The standard InChI is InChI=1S/C33H42FN5O6/c1-8-38-12-11-29(36-38)35-30(40)24-17-25(31(41)42)27(15-21(24)3)44-28(23-10-9-20(2)26(34)16-23)19-37-13-14-39(22(4)18-37)32(43)45-33(5,6)7/h9-12,15-17,22,28H,8,13-14,18-19H2,1-7H3,(H,41,42)(H,35,36,40)/t22-,28-/m1/s1. The highest BCUT2D eigenvalue weighted by molar-refractivity contribution is 6.06. The molecule has 0 saturated carbocycles. The van der Waals surface area contributed by atoms with Gasteiger partial charge in [0, 0.05) is 56.6 Å². The number of carboxylic acid groups (broad SMARTS) is 1. The van der Waals surface area contributed by atoms with Crippen molar-refractivity contribution in [2.45, 2.75) is 72.8 Å². The molecule has 2 amide bonds. The molecule has 3 aromatic rings. The Bertz CT molecular complexity index is 1570. The van der Waals surface area contributed by atoms with Crippen molar-refractivity contribution < 1.29 is 33.4 Å². The predicted octanol–water partition coefficient (Wildman–Crippen LogP) is 5.67. The number of amides is 2. The molecule has 2 heterocycles. The average Bonchev–Trinajstić information content (AvgIpc) is 3.40. The van der Waals surface area contributed by atoms with Crippen molar-refractivity contribution in [3.05, 3.63) is 76.2 Å². The number of anilines is 1. The minimum absolute atomic E-state index is 0.0539. The van der Waals surface area contributed by atoms with Gasteiger partial charge < -0.3 is 24.8 Å². The van der Waals surface area contributed by atoms with E-state index in [0.29, 0.717) is 55.2 Å². The summed E-state index contributed by atoms with van der Waals surface area (Å²) in [6, 6.07) is 9.10. The number of carbonyl (C=O) groups excluding carboxylic acids is 2. The number of carboxylic acids is 1. The maximum atomic E-state index is 14.7. The van der Waals surface area contributed by atoms with Gasteiger partial charge in [0.1, 0.15) is 28.8 Å². The second-order valence-electron chi connectivity index (χ2n) is 12.4. The maximum absolute atomic E-state index is 14.7. The predicted molar refractivity (Wildman–Crippen MR) is 167 cm³/mol. The number of aromatic nitrogens is 2. The van der Waals surface area contributed by atoms with Crippen molar-refractivity contribution in [1.29, 1.82) is 0 Å². The van der Waals surface area contributed by atoms with Crippen LogP contribution in [0.1, 0.15) is 78.1 Å². The van der Waals surface area contributed by atoms with E-state index >= 15 is 0 Å². The Balaban J connectivity index is 1.59. The summed E-state index contributed by atoms with van der Waals surface area (Å²) in [5.74, 6) is -1.78. The molecule has 1 aliphatic rings. The summed E-state index contributed by atoms with van der Waals surface area (Å²) in [4.78, 5) is 42.0. The second-order valence-corrected chi connectivity index (χ2v) is 12.4. The van der Waals surface area contributed by atoms with Gasteiger partial charge >= 0.3 is 12.1 Å². The summed E-state index contributed by atoms with van der Waals surface area (Å²) in [6.07, 6.45) is 0.594. The van der Waals surface area contributed by atoms with E-state index in [1.54, 1.807) is 47.8 Å². The monoisotopic (exact) mass is 623 g/mol. The molecule has 0 unspecified atom stereocenters. The number of carbonyl (C=O) groups is 3. The molecular formula is C33H42FN5O6. The number of ether oxygens (including phenoxy) is 2. The molecule has 2 aromatic carbocycles. The van der Waals surface area contributed by atoms with Gasteiger partial charge in [0.2, 0.25) is 0 Å². The highest BCUT2D eigenvalue weighted by atomic mass is 19.1. The molecule has 0 bridgehead atoms. The number of aryl methyl sites for hydroxylation is 3.